The third-order valence-electron chi connectivity index (χ3n) is 5.01. The highest BCUT2D eigenvalue weighted by Gasteiger charge is 2.16. The van der Waals surface area contributed by atoms with Gasteiger partial charge in [-0.05, 0) is 36.1 Å². The lowest BCUT2D eigenvalue weighted by Crippen LogP contribution is -2.11. The minimum absolute atomic E-state index is 0.517. The Balaban J connectivity index is 1.67. The summed E-state index contributed by atoms with van der Waals surface area (Å²) in [4.78, 5) is 0. The molecule has 0 atom stereocenters. The van der Waals surface area contributed by atoms with Gasteiger partial charge in [0, 0.05) is 18.2 Å². The Morgan fingerprint density at radius 1 is 1.04 bits per heavy atom. The molecule has 1 aromatic carbocycles. The van der Waals surface area contributed by atoms with Crippen LogP contribution in [0.3, 0.4) is 0 Å². The first kappa shape index (κ1) is 18.8. The van der Waals surface area contributed by atoms with Crippen LogP contribution in [0.25, 0.3) is 0 Å². The van der Waals surface area contributed by atoms with Crippen LogP contribution in [-0.4, -0.2) is 24.4 Å². The van der Waals surface area contributed by atoms with E-state index in [0.29, 0.717) is 17.6 Å². The number of benzene rings is 1. The second kappa shape index (κ2) is 9.08. The summed E-state index contributed by atoms with van der Waals surface area (Å²) >= 11 is 6.28. The molecule has 0 unspecified atom stereocenters. The van der Waals surface area contributed by atoms with Crippen molar-refractivity contribution in [2.45, 2.75) is 45.1 Å². The molecule has 0 saturated heterocycles. The Kier molecular flexibility index (Phi) is 6.56. The molecular formula is C20H26ClN3O2. The first-order valence-electron chi connectivity index (χ1n) is 9.16. The smallest absolute Gasteiger partial charge is 0.155 e. The number of methoxy groups -OCH3 is 2. The first-order valence-corrected chi connectivity index (χ1v) is 9.54. The molecule has 1 N–H and O–H groups in total. The Hall–Kier alpha value is -2.01. The van der Waals surface area contributed by atoms with Crippen LogP contribution in [0.5, 0.6) is 11.5 Å². The van der Waals surface area contributed by atoms with Crippen LogP contribution in [0.15, 0.2) is 24.3 Å². The number of rotatable bonds is 7. The van der Waals surface area contributed by atoms with E-state index in [1.54, 1.807) is 14.2 Å². The van der Waals surface area contributed by atoms with E-state index in [-0.39, 0.29) is 0 Å². The van der Waals surface area contributed by atoms with Gasteiger partial charge < -0.3 is 14.8 Å². The van der Waals surface area contributed by atoms with Gasteiger partial charge in [0.15, 0.2) is 5.15 Å². The third-order valence-corrected chi connectivity index (χ3v) is 5.33. The molecule has 1 aromatic heterocycles. The number of nitrogens with one attached hydrogen (secondary N) is 1. The molecule has 1 aliphatic carbocycles. The van der Waals surface area contributed by atoms with Gasteiger partial charge in [0.05, 0.1) is 14.2 Å². The van der Waals surface area contributed by atoms with Crippen LogP contribution in [0.2, 0.25) is 5.15 Å². The van der Waals surface area contributed by atoms with Gasteiger partial charge in [0.1, 0.15) is 17.3 Å². The van der Waals surface area contributed by atoms with Crippen LogP contribution in [0.4, 0.5) is 5.82 Å². The van der Waals surface area contributed by atoms with Crippen LogP contribution in [-0.2, 0) is 13.0 Å². The zero-order valence-electron chi connectivity index (χ0n) is 15.4. The molecule has 140 valence electrons. The standard InChI is InChI=1S/C20H26ClN3O2/c1-25-17-9-8-15(18(12-17)26-2)13-22-19-11-16(20(21)24-23-19)10-14-6-4-3-5-7-14/h8-9,11-12,14H,3-7,10,13H2,1-2H3,(H,22,23). The summed E-state index contributed by atoms with van der Waals surface area (Å²) in [5, 5.41) is 12.1. The van der Waals surface area contributed by atoms with E-state index in [1.165, 1.54) is 32.1 Å². The first-order chi connectivity index (χ1) is 12.7. The van der Waals surface area contributed by atoms with E-state index in [1.807, 2.05) is 24.3 Å². The van der Waals surface area contributed by atoms with E-state index < -0.39 is 0 Å². The number of halogens is 1. The number of aromatic nitrogens is 2. The van der Waals surface area contributed by atoms with Gasteiger partial charge in [-0.15, -0.1) is 10.2 Å². The molecule has 2 aromatic rings. The molecular weight excluding hydrogens is 350 g/mol. The van der Waals surface area contributed by atoms with Gasteiger partial charge in [-0.25, -0.2) is 0 Å². The zero-order valence-corrected chi connectivity index (χ0v) is 16.2. The second-order valence-electron chi connectivity index (χ2n) is 6.79. The minimum atomic E-state index is 0.517. The maximum atomic E-state index is 6.28. The molecule has 1 heterocycles. The summed E-state index contributed by atoms with van der Waals surface area (Å²) in [6, 6.07) is 7.80. The van der Waals surface area contributed by atoms with E-state index >= 15 is 0 Å². The predicted molar refractivity (Wildman–Crippen MR) is 104 cm³/mol. The van der Waals surface area contributed by atoms with Gasteiger partial charge in [0.2, 0.25) is 0 Å². The number of ether oxygens (including phenoxy) is 2. The fraction of sp³-hybridized carbons (Fsp3) is 0.500. The molecule has 0 bridgehead atoms. The normalized spacial score (nSPS) is 14.9. The van der Waals surface area contributed by atoms with E-state index in [0.717, 1.165) is 34.9 Å². The van der Waals surface area contributed by atoms with Crippen LogP contribution < -0.4 is 14.8 Å². The highest BCUT2D eigenvalue weighted by molar-refractivity contribution is 6.30. The molecule has 26 heavy (non-hydrogen) atoms. The van der Waals surface area contributed by atoms with Crippen molar-refractivity contribution in [3.05, 3.63) is 40.5 Å². The van der Waals surface area contributed by atoms with Gasteiger partial charge in [-0.3, -0.25) is 0 Å². The molecule has 3 rings (SSSR count). The summed E-state index contributed by atoms with van der Waals surface area (Å²) in [5.41, 5.74) is 2.11. The zero-order chi connectivity index (χ0) is 18.4. The van der Waals surface area contributed by atoms with Crippen LogP contribution in [0, 0.1) is 5.92 Å². The Morgan fingerprint density at radius 3 is 2.58 bits per heavy atom. The Bertz CT molecular complexity index is 733. The van der Waals surface area contributed by atoms with Crippen molar-refractivity contribution in [2.24, 2.45) is 5.92 Å². The molecule has 0 amide bonds. The van der Waals surface area contributed by atoms with E-state index in [9.17, 15) is 0 Å². The van der Waals surface area contributed by atoms with Crippen LogP contribution >= 0.6 is 11.6 Å². The number of nitrogens with zero attached hydrogens (tertiary/aromatic N) is 2. The van der Waals surface area contributed by atoms with E-state index in [2.05, 4.69) is 15.5 Å². The fourth-order valence-electron chi connectivity index (χ4n) is 3.53. The highest BCUT2D eigenvalue weighted by atomic mass is 35.5. The lowest BCUT2D eigenvalue weighted by atomic mass is 9.85. The molecule has 0 radical (unpaired) electrons. The average molecular weight is 376 g/mol. The minimum Gasteiger partial charge on any atom is -0.497 e. The fourth-order valence-corrected chi connectivity index (χ4v) is 3.70. The molecule has 6 heteroatoms. The van der Waals surface area contributed by atoms with Crippen molar-refractivity contribution in [2.75, 3.05) is 19.5 Å². The lowest BCUT2D eigenvalue weighted by Gasteiger charge is -2.21. The summed E-state index contributed by atoms with van der Waals surface area (Å²) in [7, 11) is 3.30. The van der Waals surface area contributed by atoms with Gasteiger partial charge >= 0.3 is 0 Å². The summed E-state index contributed by atoms with van der Waals surface area (Å²) in [6.07, 6.45) is 7.55. The van der Waals surface area contributed by atoms with Crippen molar-refractivity contribution in [1.82, 2.24) is 10.2 Å². The molecule has 0 aliphatic heterocycles. The Morgan fingerprint density at radius 2 is 1.85 bits per heavy atom. The quantitative estimate of drug-likeness (QED) is 0.747. The largest absolute Gasteiger partial charge is 0.497 e. The summed E-state index contributed by atoms with van der Waals surface area (Å²) in [5.74, 6) is 2.99. The summed E-state index contributed by atoms with van der Waals surface area (Å²) in [6.45, 7) is 0.590. The Labute approximate surface area is 160 Å². The number of anilines is 1. The van der Waals surface area contributed by atoms with Gasteiger partial charge in [-0.1, -0.05) is 43.7 Å². The topological polar surface area (TPSA) is 56.3 Å². The van der Waals surface area contributed by atoms with Crippen molar-refractivity contribution in [1.29, 1.82) is 0 Å². The lowest BCUT2D eigenvalue weighted by molar-refractivity contribution is 0.356. The maximum absolute atomic E-state index is 6.28. The maximum Gasteiger partial charge on any atom is 0.155 e. The number of hydrogen-bond donors (Lipinski definition) is 1. The van der Waals surface area contributed by atoms with Gasteiger partial charge in [-0.2, -0.15) is 0 Å². The highest BCUT2D eigenvalue weighted by Crippen LogP contribution is 2.30. The number of hydrogen-bond acceptors (Lipinski definition) is 5. The SMILES string of the molecule is COc1ccc(CNc2cc(CC3CCCCC3)c(Cl)nn2)c(OC)c1. The molecule has 1 saturated carbocycles. The van der Waals surface area contributed by atoms with Crippen molar-refractivity contribution >= 4 is 17.4 Å². The molecule has 0 spiro atoms. The predicted octanol–water partition coefficient (Wildman–Crippen LogP) is 4.88. The van der Waals surface area contributed by atoms with Crippen molar-refractivity contribution in [3.63, 3.8) is 0 Å². The molecule has 5 nitrogen and oxygen atoms in total. The van der Waals surface area contributed by atoms with Gasteiger partial charge in [0.25, 0.3) is 0 Å². The monoisotopic (exact) mass is 375 g/mol. The van der Waals surface area contributed by atoms with Crippen LogP contribution in [0.1, 0.15) is 43.2 Å². The van der Waals surface area contributed by atoms with E-state index in [4.69, 9.17) is 21.1 Å². The summed E-state index contributed by atoms with van der Waals surface area (Å²) < 4.78 is 10.7. The van der Waals surface area contributed by atoms with Crippen molar-refractivity contribution in [3.8, 4) is 11.5 Å². The van der Waals surface area contributed by atoms with Crippen molar-refractivity contribution < 1.29 is 9.47 Å². The average Bonchev–Trinajstić information content (AvgIpc) is 2.69. The molecule has 1 aliphatic rings. The second-order valence-corrected chi connectivity index (χ2v) is 7.14. The molecule has 1 fully saturated rings. The third kappa shape index (κ3) is 4.79.